The number of carboxylic acids is 1. The van der Waals surface area contributed by atoms with Gasteiger partial charge in [0.1, 0.15) is 12.4 Å². The van der Waals surface area contributed by atoms with Gasteiger partial charge in [-0.1, -0.05) is 18.7 Å². The number of carbonyl (C=O) groups excluding carboxylic acids is 1. The van der Waals surface area contributed by atoms with Crippen LogP contribution in [0.2, 0.25) is 0 Å². The lowest BCUT2D eigenvalue weighted by molar-refractivity contribution is -0.141. The van der Waals surface area contributed by atoms with Gasteiger partial charge in [-0.3, -0.25) is 4.79 Å². The molecular weight excluding hydrogens is 506 g/mol. The SMILES string of the molecule is C=C(C)C(=O)O.COc1cc2nc(N3CCN(C(=O)C4COc5ccccc5O4)CC3)nc(N)c2cc1OC. The summed E-state index contributed by atoms with van der Waals surface area (Å²) in [5.74, 6) is 2.25. The van der Waals surface area contributed by atoms with E-state index in [1.54, 1.807) is 37.3 Å². The number of benzene rings is 2. The Kier molecular flexibility index (Phi) is 8.23. The summed E-state index contributed by atoms with van der Waals surface area (Å²) in [6.07, 6.45) is -0.651. The first-order chi connectivity index (χ1) is 18.7. The van der Waals surface area contributed by atoms with Crippen molar-refractivity contribution < 1.29 is 33.6 Å². The van der Waals surface area contributed by atoms with Crippen LogP contribution in [0.25, 0.3) is 10.9 Å². The molecule has 1 atom stereocenters. The molecule has 2 aliphatic rings. The topological polar surface area (TPSA) is 150 Å². The Hall–Kier alpha value is -4.74. The van der Waals surface area contributed by atoms with Gasteiger partial charge in [0.2, 0.25) is 12.1 Å². The van der Waals surface area contributed by atoms with Crippen molar-refractivity contribution in [3.05, 3.63) is 48.6 Å². The maximum Gasteiger partial charge on any atom is 0.330 e. The highest BCUT2D eigenvalue weighted by Crippen LogP contribution is 2.34. The number of nitrogens with two attached hydrogens (primary N) is 1. The van der Waals surface area contributed by atoms with Crippen molar-refractivity contribution >= 4 is 34.5 Å². The molecule has 5 rings (SSSR count). The van der Waals surface area contributed by atoms with Crippen LogP contribution in [0.3, 0.4) is 0 Å². The second-order valence-electron chi connectivity index (χ2n) is 8.90. The summed E-state index contributed by atoms with van der Waals surface area (Å²) >= 11 is 0. The van der Waals surface area contributed by atoms with Gasteiger partial charge >= 0.3 is 5.97 Å². The zero-order valence-corrected chi connectivity index (χ0v) is 22.0. The molecule has 12 heteroatoms. The monoisotopic (exact) mass is 537 g/mol. The van der Waals surface area contributed by atoms with Crippen molar-refractivity contribution in [2.45, 2.75) is 13.0 Å². The smallest absolute Gasteiger partial charge is 0.330 e. The summed E-state index contributed by atoms with van der Waals surface area (Å²) in [7, 11) is 3.14. The second kappa shape index (κ2) is 11.8. The van der Waals surface area contributed by atoms with Gasteiger partial charge in [0, 0.05) is 43.2 Å². The number of nitrogen functional groups attached to an aromatic ring is 1. The van der Waals surface area contributed by atoms with E-state index in [0.29, 0.717) is 71.8 Å². The van der Waals surface area contributed by atoms with E-state index in [4.69, 9.17) is 29.8 Å². The van der Waals surface area contributed by atoms with E-state index >= 15 is 0 Å². The number of amides is 1. The van der Waals surface area contributed by atoms with Gasteiger partial charge in [0.25, 0.3) is 5.91 Å². The van der Waals surface area contributed by atoms with E-state index in [1.165, 1.54) is 6.92 Å². The minimum atomic E-state index is -0.935. The molecule has 0 bridgehead atoms. The van der Waals surface area contributed by atoms with Gasteiger partial charge in [-0.05, 0) is 25.1 Å². The molecule has 0 spiro atoms. The second-order valence-corrected chi connectivity index (χ2v) is 8.90. The maximum atomic E-state index is 13.0. The number of anilines is 2. The number of carbonyl (C=O) groups is 2. The highest BCUT2D eigenvalue weighted by atomic mass is 16.6. The number of ether oxygens (including phenoxy) is 4. The van der Waals surface area contributed by atoms with Crippen molar-refractivity contribution in [1.82, 2.24) is 14.9 Å². The minimum Gasteiger partial charge on any atom is -0.493 e. The van der Waals surface area contributed by atoms with Crippen LogP contribution in [-0.4, -0.2) is 85.0 Å². The average Bonchev–Trinajstić information content (AvgIpc) is 2.96. The predicted molar refractivity (Wildman–Crippen MR) is 145 cm³/mol. The Morgan fingerprint density at radius 2 is 1.67 bits per heavy atom. The lowest BCUT2D eigenvalue weighted by Gasteiger charge is -2.37. The Morgan fingerprint density at radius 3 is 2.28 bits per heavy atom. The highest BCUT2D eigenvalue weighted by molar-refractivity contribution is 5.92. The normalized spacial score (nSPS) is 16.1. The Bertz CT molecular complexity index is 1380. The van der Waals surface area contributed by atoms with E-state index in [0.717, 1.165) is 0 Å². The summed E-state index contributed by atoms with van der Waals surface area (Å²) in [5.41, 5.74) is 7.06. The zero-order chi connectivity index (χ0) is 28.1. The third-order valence-electron chi connectivity index (χ3n) is 6.24. The number of rotatable bonds is 5. The lowest BCUT2D eigenvalue weighted by Crippen LogP contribution is -2.54. The fraction of sp³-hybridized carbons (Fsp3) is 0.333. The molecule has 39 heavy (non-hydrogen) atoms. The van der Waals surface area contributed by atoms with Crippen LogP contribution in [0.5, 0.6) is 23.0 Å². The molecule has 3 N–H and O–H groups in total. The summed E-state index contributed by atoms with van der Waals surface area (Å²) in [4.78, 5) is 35.6. The van der Waals surface area contributed by atoms with Gasteiger partial charge < -0.3 is 39.6 Å². The van der Waals surface area contributed by atoms with E-state index in [1.807, 2.05) is 23.1 Å². The molecule has 1 saturated heterocycles. The van der Waals surface area contributed by atoms with E-state index < -0.39 is 12.1 Å². The van der Waals surface area contributed by atoms with Crippen molar-refractivity contribution in [1.29, 1.82) is 0 Å². The molecule has 206 valence electrons. The van der Waals surface area contributed by atoms with Crippen LogP contribution in [0.1, 0.15) is 6.92 Å². The summed E-state index contributed by atoms with van der Waals surface area (Å²) in [6, 6.07) is 10.9. The van der Waals surface area contributed by atoms with Gasteiger partial charge in [0.05, 0.1) is 19.7 Å². The molecule has 3 aromatic rings. The number of hydrogen-bond acceptors (Lipinski definition) is 10. The van der Waals surface area contributed by atoms with E-state index in [9.17, 15) is 9.59 Å². The number of fused-ring (bicyclic) bond motifs is 2. The van der Waals surface area contributed by atoms with Crippen LogP contribution in [-0.2, 0) is 9.59 Å². The van der Waals surface area contributed by atoms with Crippen molar-refractivity contribution in [3.8, 4) is 23.0 Å². The first kappa shape index (κ1) is 27.3. The van der Waals surface area contributed by atoms with Gasteiger partial charge in [-0.15, -0.1) is 0 Å². The number of aromatic nitrogens is 2. The maximum absolute atomic E-state index is 13.0. The largest absolute Gasteiger partial charge is 0.493 e. The molecule has 1 unspecified atom stereocenters. The number of piperazine rings is 1. The molecule has 1 aromatic heterocycles. The van der Waals surface area contributed by atoms with Crippen LogP contribution >= 0.6 is 0 Å². The molecule has 2 aliphatic heterocycles. The molecule has 3 heterocycles. The molecule has 1 amide bonds. The Morgan fingerprint density at radius 1 is 1.05 bits per heavy atom. The molecule has 1 fully saturated rings. The summed E-state index contributed by atoms with van der Waals surface area (Å²) in [6.45, 7) is 7.00. The molecule has 2 aromatic carbocycles. The van der Waals surface area contributed by atoms with E-state index in [-0.39, 0.29) is 18.1 Å². The first-order valence-electron chi connectivity index (χ1n) is 12.2. The Balaban J connectivity index is 0.000000531. The molecule has 0 aliphatic carbocycles. The average molecular weight is 538 g/mol. The van der Waals surface area contributed by atoms with Gasteiger partial charge in [-0.25, -0.2) is 9.78 Å². The third kappa shape index (κ3) is 6.06. The lowest BCUT2D eigenvalue weighted by atomic mass is 10.2. The molecule has 0 saturated carbocycles. The predicted octanol–water partition coefficient (Wildman–Crippen LogP) is 2.36. The van der Waals surface area contributed by atoms with Crippen LogP contribution in [0.15, 0.2) is 48.6 Å². The Labute approximate surface area is 225 Å². The number of aliphatic carboxylic acids is 1. The van der Waals surface area contributed by atoms with Crippen molar-refractivity contribution in [3.63, 3.8) is 0 Å². The van der Waals surface area contributed by atoms with Gasteiger partial charge in [-0.2, -0.15) is 4.98 Å². The highest BCUT2D eigenvalue weighted by Gasteiger charge is 2.33. The van der Waals surface area contributed by atoms with Crippen molar-refractivity contribution in [2.75, 3.05) is 57.6 Å². The number of carboxylic acid groups (broad SMARTS) is 1. The number of hydrogen-bond donors (Lipinski definition) is 2. The molecular formula is C27H31N5O7. The zero-order valence-electron chi connectivity index (χ0n) is 22.0. The van der Waals surface area contributed by atoms with E-state index in [2.05, 4.69) is 16.5 Å². The fourth-order valence-corrected chi connectivity index (χ4v) is 4.08. The number of methoxy groups -OCH3 is 2. The summed E-state index contributed by atoms with van der Waals surface area (Å²) in [5, 5.41) is 8.59. The van der Waals surface area contributed by atoms with Crippen molar-refractivity contribution in [2.24, 2.45) is 0 Å². The quantitative estimate of drug-likeness (QED) is 0.462. The molecule has 12 nitrogen and oxygen atoms in total. The molecule has 0 radical (unpaired) electrons. The van der Waals surface area contributed by atoms with Crippen LogP contribution in [0, 0.1) is 0 Å². The third-order valence-corrected chi connectivity index (χ3v) is 6.24. The van der Waals surface area contributed by atoms with Crippen LogP contribution in [0.4, 0.5) is 11.8 Å². The summed E-state index contributed by atoms with van der Waals surface area (Å²) < 4.78 is 22.3. The number of nitrogens with zero attached hydrogens (tertiary/aromatic N) is 4. The van der Waals surface area contributed by atoms with Crippen LogP contribution < -0.4 is 29.6 Å². The first-order valence-corrected chi connectivity index (χ1v) is 12.2. The standard InChI is InChI=1S/C23H25N5O5.C4H6O2/c1-30-18-11-14-15(12-19(18)31-2)25-23(26-21(14)24)28-9-7-27(8-10-28)22(29)20-13-32-16-5-3-4-6-17(16)33-20;1-3(2)4(5)6/h3-6,11-12,20H,7-10,13H2,1-2H3,(H2,24,25,26);1H2,2H3,(H,5,6). The number of para-hydroxylation sites is 2. The fourth-order valence-electron chi connectivity index (χ4n) is 4.08. The van der Waals surface area contributed by atoms with Gasteiger partial charge in [0.15, 0.2) is 23.0 Å². The minimum absolute atomic E-state index is 0.0834.